The fourth-order valence-electron chi connectivity index (χ4n) is 3.62. The van der Waals surface area contributed by atoms with E-state index in [0.717, 1.165) is 33.1 Å². The Balaban J connectivity index is 1.77. The predicted molar refractivity (Wildman–Crippen MR) is 135 cm³/mol. The van der Waals surface area contributed by atoms with Crippen LogP contribution in [0.3, 0.4) is 0 Å². The van der Waals surface area contributed by atoms with Crippen LogP contribution in [0.25, 0.3) is 16.9 Å². The lowest BCUT2D eigenvalue weighted by Crippen LogP contribution is -2.73. The third-order valence-electron chi connectivity index (χ3n) is 5.41. The molecule has 3 aromatic carbocycles. The molecule has 174 valence electrons. The van der Waals surface area contributed by atoms with Gasteiger partial charge in [0.2, 0.25) is 0 Å². The SMILES string of the molecule is COc1ccc(-n2c(-c3ccccc3)csc2=N[C@@H](CCO)C(O)=[NH+]Cc2ccccc2)cc1. The molecule has 0 fully saturated rings. The summed E-state index contributed by atoms with van der Waals surface area (Å²) >= 11 is 1.49. The number of aliphatic hydroxyl groups is 2. The maximum Gasteiger partial charge on any atom is 0.358 e. The largest absolute Gasteiger partial charge is 0.497 e. The van der Waals surface area contributed by atoms with Crippen LogP contribution in [0.1, 0.15) is 12.0 Å². The molecule has 6 nitrogen and oxygen atoms in total. The Morgan fingerprint density at radius 3 is 2.32 bits per heavy atom. The highest BCUT2D eigenvalue weighted by molar-refractivity contribution is 7.07. The van der Waals surface area contributed by atoms with Gasteiger partial charge in [-0.3, -0.25) is 4.57 Å². The summed E-state index contributed by atoms with van der Waals surface area (Å²) in [6.07, 6.45) is 0.300. The van der Waals surface area contributed by atoms with Gasteiger partial charge in [-0.15, -0.1) is 11.3 Å². The number of rotatable bonds is 9. The average Bonchev–Trinajstić information content (AvgIpc) is 3.31. The van der Waals surface area contributed by atoms with Crippen molar-refractivity contribution < 1.29 is 19.9 Å². The molecule has 3 N–H and O–H groups in total. The molecule has 0 unspecified atom stereocenters. The molecule has 0 aliphatic carbocycles. The number of nitrogens with one attached hydrogen (secondary N) is 1. The quantitative estimate of drug-likeness (QED) is 0.258. The Bertz CT molecular complexity index is 1280. The molecular weight excluding hydrogens is 446 g/mol. The second-order valence-electron chi connectivity index (χ2n) is 7.68. The Morgan fingerprint density at radius 2 is 1.68 bits per heavy atom. The highest BCUT2D eigenvalue weighted by Gasteiger charge is 2.21. The standard InChI is InChI=1S/C27H27N3O3S/c1-33-23-14-12-22(13-15-23)30-25(21-10-6-3-7-11-21)19-34-27(30)29-24(16-17-31)26(32)28-18-20-8-4-2-5-9-20/h2-15,19,24,31H,16-18H2,1H3,(H,28,32)/p+1/t24-/m0/s1. The number of ether oxygens (including phenoxy) is 1. The van der Waals surface area contributed by atoms with Crippen molar-refractivity contribution in [2.75, 3.05) is 13.7 Å². The van der Waals surface area contributed by atoms with Crippen LogP contribution in [0.5, 0.6) is 5.75 Å². The average molecular weight is 475 g/mol. The Hall–Kier alpha value is -3.68. The smallest absolute Gasteiger partial charge is 0.358 e. The third-order valence-corrected chi connectivity index (χ3v) is 6.25. The van der Waals surface area contributed by atoms with Gasteiger partial charge < -0.3 is 14.9 Å². The summed E-state index contributed by atoms with van der Waals surface area (Å²) in [6, 6.07) is 27.1. The van der Waals surface area contributed by atoms with E-state index < -0.39 is 6.04 Å². The van der Waals surface area contributed by atoms with E-state index in [9.17, 15) is 10.2 Å². The maximum atomic E-state index is 10.8. The van der Waals surface area contributed by atoms with Crippen molar-refractivity contribution >= 4 is 17.2 Å². The van der Waals surface area contributed by atoms with Crippen LogP contribution in [0.2, 0.25) is 0 Å². The number of hydrogen-bond acceptors (Lipinski definition) is 4. The molecule has 0 spiro atoms. The predicted octanol–water partition coefficient (Wildman–Crippen LogP) is 3.10. The van der Waals surface area contributed by atoms with Crippen LogP contribution in [-0.2, 0) is 6.54 Å². The number of aliphatic hydroxyl groups excluding tert-OH is 2. The summed E-state index contributed by atoms with van der Waals surface area (Å²) in [4.78, 5) is 8.65. The molecular formula is C27H28N3O3S+. The van der Waals surface area contributed by atoms with Crippen LogP contribution in [0.4, 0.5) is 0 Å². The zero-order valence-corrected chi connectivity index (χ0v) is 19.8. The van der Waals surface area contributed by atoms with Gasteiger partial charge in [-0.05, 0) is 29.8 Å². The van der Waals surface area contributed by atoms with Crippen molar-refractivity contribution in [1.29, 1.82) is 0 Å². The molecule has 1 atom stereocenters. The molecule has 34 heavy (non-hydrogen) atoms. The number of hydrogen-bond donors (Lipinski definition) is 3. The number of benzene rings is 3. The van der Waals surface area contributed by atoms with Gasteiger partial charge in [0.05, 0.1) is 12.8 Å². The molecule has 1 aromatic heterocycles. The summed E-state index contributed by atoms with van der Waals surface area (Å²) < 4.78 is 7.38. The van der Waals surface area contributed by atoms with Gasteiger partial charge in [0.25, 0.3) is 0 Å². The van der Waals surface area contributed by atoms with Gasteiger partial charge >= 0.3 is 5.90 Å². The highest BCUT2D eigenvalue weighted by Crippen LogP contribution is 2.24. The Morgan fingerprint density at radius 1 is 1.00 bits per heavy atom. The van der Waals surface area contributed by atoms with E-state index in [1.54, 1.807) is 7.11 Å². The minimum Gasteiger partial charge on any atom is -0.497 e. The molecule has 1 heterocycles. The number of thiazole rings is 1. The Kier molecular flexibility index (Phi) is 7.91. The van der Waals surface area contributed by atoms with Gasteiger partial charge in [0, 0.05) is 29.7 Å². The molecule has 7 heteroatoms. The van der Waals surface area contributed by atoms with Crippen molar-refractivity contribution in [2.45, 2.75) is 19.0 Å². The minimum absolute atomic E-state index is 0.0360. The molecule has 0 saturated carbocycles. The van der Waals surface area contributed by atoms with Crippen LogP contribution in [0, 0.1) is 0 Å². The summed E-state index contributed by atoms with van der Waals surface area (Å²) in [5.74, 6) is 0.808. The first-order valence-corrected chi connectivity index (χ1v) is 12.0. The van der Waals surface area contributed by atoms with Crippen molar-refractivity contribution in [3.63, 3.8) is 0 Å². The number of methoxy groups -OCH3 is 1. The van der Waals surface area contributed by atoms with Crippen LogP contribution >= 0.6 is 11.3 Å². The second-order valence-corrected chi connectivity index (χ2v) is 8.52. The van der Waals surface area contributed by atoms with Crippen molar-refractivity contribution in [1.82, 2.24) is 4.57 Å². The molecule has 0 aliphatic rings. The van der Waals surface area contributed by atoms with E-state index in [-0.39, 0.29) is 12.5 Å². The molecule has 0 aliphatic heterocycles. The van der Waals surface area contributed by atoms with Crippen LogP contribution in [-0.4, -0.2) is 40.4 Å². The van der Waals surface area contributed by atoms with Gasteiger partial charge in [0.15, 0.2) is 17.4 Å². The van der Waals surface area contributed by atoms with E-state index in [0.29, 0.717) is 13.0 Å². The van der Waals surface area contributed by atoms with Crippen molar-refractivity contribution in [2.24, 2.45) is 4.99 Å². The third kappa shape index (κ3) is 5.62. The molecule has 0 saturated heterocycles. The monoisotopic (exact) mass is 474 g/mol. The van der Waals surface area contributed by atoms with E-state index >= 15 is 0 Å². The highest BCUT2D eigenvalue weighted by atomic mass is 32.1. The number of aromatic nitrogens is 1. The van der Waals surface area contributed by atoms with E-state index in [1.165, 1.54) is 11.3 Å². The van der Waals surface area contributed by atoms with E-state index in [1.807, 2.05) is 72.8 Å². The van der Waals surface area contributed by atoms with Crippen LogP contribution in [0.15, 0.2) is 95.3 Å². The normalized spacial score (nSPS) is 13.1. The lowest BCUT2D eigenvalue weighted by Gasteiger charge is -2.11. The minimum atomic E-state index is -0.597. The lowest BCUT2D eigenvalue weighted by atomic mass is 10.1. The molecule has 4 aromatic rings. The first-order valence-electron chi connectivity index (χ1n) is 11.1. The van der Waals surface area contributed by atoms with E-state index in [4.69, 9.17) is 9.73 Å². The first-order chi connectivity index (χ1) is 16.7. The van der Waals surface area contributed by atoms with E-state index in [2.05, 4.69) is 27.1 Å². The van der Waals surface area contributed by atoms with Gasteiger partial charge in [0.1, 0.15) is 5.75 Å². The van der Waals surface area contributed by atoms with Gasteiger partial charge in [-0.2, -0.15) is 0 Å². The topological polar surface area (TPSA) is 81.0 Å². The molecule has 0 radical (unpaired) electrons. The summed E-state index contributed by atoms with van der Waals surface area (Å²) in [5, 5.41) is 22.5. The summed E-state index contributed by atoms with van der Waals surface area (Å²) in [7, 11) is 1.64. The van der Waals surface area contributed by atoms with Crippen molar-refractivity contribution in [3.05, 3.63) is 101 Å². The molecule has 4 rings (SSSR count). The van der Waals surface area contributed by atoms with Crippen molar-refractivity contribution in [3.8, 4) is 22.7 Å². The number of nitrogens with zero attached hydrogens (tertiary/aromatic N) is 2. The van der Waals surface area contributed by atoms with Gasteiger partial charge in [-0.25, -0.2) is 9.98 Å². The summed E-state index contributed by atoms with van der Waals surface area (Å²) in [6.45, 7) is 0.382. The zero-order valence-electron chi connectivity index (χ0n) is 19.0. The Labute approximate surface area is 202 Å². The maximum absolute atomic E-state index is 10.8. The van der Waals surface area contributed by atoms with Crippen LogP contribution < -0.4 is 14.5 Å². The zero-order chi connectivity index (χ0) is 23.8. The second kappa shape index (κ2) is 11.4. The van der Waals surface area contributed by atoms with Gasteiger partial charge in [-0.1, -0.05) is 60.7 Å². The fourth-order valence-corrected chi connectivity index (χ4v) is 4.57. The fraction of sp³-hybridized carbons (Fsp3) is 0.185. The lowest BCUT2D eigenvalue weighted by molar-refractivity contribution is -0.486. The molecule has 0 amide bonds. The summed E-state index contributed by atoms with van der Waals surface area (Å²) in [5.41, 5.74) is 4.03. The molecule has 0 bridgehead atoms. The first kappa shape index (κ1) is 23.5.